The molecule has 2 aliphatic heterocycles. The fourth-order valence-corrected chi connectivity index (χ4v) is 3.64. The highest BCUT2D eigenvalue weighted by molar-refractivity contribution is 6.30. The second-order valence-corrected chi connectivity index (χ2v) is 6.88. The lowest BCUT2D eigenvalue weighted by atomic mass is 9.98. The summed E-state index contributed by atoms with van der Waals surface area (Å²) >= 11 is 6.11. The summed E-state index contributed by atoms with van der Waals surface area (Å²) in [5.74, 6) is 1.32. The van der Waals surface area contributed by atoms with Gasteiger partial charge in [-0.3, -0.25) is 9.69 Å². The van der Waals surface area contributed by atoms with Crippen LogP contribution in [0, 0.1) is 5.92 Å². The van der Waals surface area contributed by atoms with Crippen LogP contribution in [0.25, 0.3) is 0 Å². The zero-order valence-corrected chi connectivity index (χ0v) is 14.9. The number of amides is 1. The van der Waals surface area contributed by atoms with E-state index in [2.05, 4.69) is 4.90 Å². The van der Waals surface area contributed by atoms with Gasteiger partial charge in [0.25, 0.3) is 0 Å². The molecule has 0 spiro atoms. The van der Waals surface area contributed by atoms with Crippen LogP contribution in [0.5, 0.6) is 5.75 Å². The van der Waals surface area contributed by atoms with Crippen LogP contribution in [0.2, 0.25) is 5.02 Å². The molecule has 24 heavy (non-hydrogen) atoms. The maximum atomic E-state index is 12.6. The van der Waals surface area contributed by atoms with E-state index in [9.17, 15) is 4.79 Å². The van der Waals surface area contributed by atoms with Crippen molar-refractivity contribution in [3.63, 3.8) is 0 Å². The Morgan fingerprint density at radius 2 is 1.96 bits per heavy atom. The SMILES string of the molecule is COc1ccc(Cl)cc1CN1CCN(C(=O)C2CCOCC2)CC1. The van der Waals surface area contributed by atoms with E-state index in [-0.39, 0.29) is 5.92 Å². The molecule has 1 aromatic carbocycles. The topological polar surface area (TPSA) is 42.0 Å². The van der Waals surface area contributed by atoms with Crippen LogP contribution in [0.3, 0.4) is 0 Å². The first-order valence-corrected chi connectivity index (χ1v) is 8.96. The van der Waals surface area contributed by atoms with Crippen LogP contribution in [0.1, 0.15) is 18.4 Å². The number of carbonyl (C=O) groups excluding carboxylic acids is 1. The van der Waals surface area contributed by atoms with E-state index in [4.69, 9.17) is 21.1 Å². The Bertz CT molecular complexity index is 567. The Kier molecular flexibility index (Phi) is 5.98. The summed E-state index contributed by atoms with van der Waals surface area (Å²) in [6, 6.07) is 5.71. The molecule has 1 aromatic rings. The Labute approximate surface area is 148 Å². The summed E-state index contributed by atoms with van der Waals surface area (Å²) < 4.78 is 10.8. The van der Waals surface area contributed by atoms with Crippen LogP contribution >= 0.6 is 11.6 Å². The minimum absolute atomic E-state index is 0.151. The molecule has 0 bridgehead atoms. The molecule has 3 rings (SSSR count). The minimum Gasteiger partial charge on any atom is -0.496 e. The molecule has 2 fully saturated rings. The molecule has 0 unspecified atom stereocenters. The van der Waals surface area contributed by atoms with Crippen LogP contribution in [0.4, 0.5) is 0 Å². The van der Waals surface area contributed by atoms with Crippen molar-refractivity contribution in [2.24, 2.45) is 5.92 Å². The number of carbonyl (C=O) groups is 1. The monoisotopic (exact) mass is 352 g/mol. The van der Waals surface area contributed by atoms with Crippen molar-refractivity contribution >= 4 is 17.5 Å². The van der Waals surface area contributed by atoms with Gasteiger partial charge >= 0.3 is 0 Å². The molecule has 0 aromatic heterocycles. The van der Waals surface area contributed by atoms with Gasteiger partial charge < -0.3 is 14.4 Å². The molecule has 1 amide bonds. The molecule has 5 nitrogen and oxygen atoms in total. The fraction of sp³-hybridized carbons (Fsp3) is 0.611. The van der Waals surface area contributed by atoms with Gasteiger partial charge in [-0.05, 0) is 31.0 Å². The standard InChI is InChI=1S/C18H25ClN2O3/c1-23-17-3-2-16(19)12-15(17)13-20-6-8-21(9-7-20)18(22)14-4-10-24-11-5-14/h2-3,12,14H,4-11,13H2,1H3. The second-order valence-electron chi connectivity index (χ2n) is 6.44. The third-order valence-electron chi connectivity index (χ3n) is 4.89. The Morgan fingerprint density at radius 1 is 1.25 bits per heavy atom. The summed E-state index contributed by atoms with van der Waals surface area (Å²) in [5.41, 5.74) is 1.09. The molecule has 6 heteroatoms. The van der Waals surface area contributed by atoms with E-state index in [1.165, 1.54) is 0 Å². The Morgan fingerprint density at radius 3 is 2.62 bits per heavy atom. The summed E-state index contributed by atoms with van der Waals surface area (Å²) in [6.45, 7) is 5.56. The highest BCUT2D eigenvalue weighted by Crippen LogP contribution is 2.25. The van der Waals surface area contributed by atoms with E-state index < -0.39 is 0 Å². The number of halogens is 1. The van der Waals surface area contributed by atoms with Crippen molar-refractivity contribution in [1.82, 2.24) is 9.80 Å². The lowest BCUT2D eigenvalue weighted by Gasteiger charge is -2.37. The minimum atomic E-state index is 0.151. The van der Waals surface area contributed by atoms with Gasteiger partial charge in [0.05, 0.1) is 7.11 Å². The smallest absolute Gasteiger partial charge is 0.225 e. The molecular formula is C18H25ClN2O3. The van der Waals surface area contributed by atoms with Crippen molar-refractivity contribution in [2.45, 2.75) is 19.4 Å². The highest BCUT2D eigenvalue weighted by Gasteiger charge is 2.28. The normalized spacial score (nSPS) is 20.2. The molecule has 2 saturated heterocycles. The van der Waals surface area contributed by atoms with E-state index in [1.807, 2.05) is 23.1 Å². The molecule has 2 aliphatic rings. The number of methoxy groups -OCH3 is 1. The van der Waals surface area contributed by atoms with Gasteiger partial charge in [-0.25, -0.2) is 0 Å². The molecule has 0 radical (unpaired) electrons. The van der Waals surface area contributed by atoms with Gasteiger partial charge in [0.2, 0.25) is 5.91 Å². The lowest BCUT2D eigenvalue weighted by molar-refractivity contribution is -0.140. The molecular weight excluding hydrogens is 328 g/mol. The molecule has 0 aliphatic carbocycles. The molecule has 132 valence electrons. The third-order valence-corrected chi connectivity index (χ3v) is 5.13. The molecule has 0 atom stereocenters. The highest BCUT2D eigenvalue weighted by atomic mass is 35.5. The number of hydrogen-bond acceptors (Lipinski definition) is 4. The van der Waals surface area contributed by atoms with Gasteiger partial charge in [0.15, 0.2) is 0 Å². The summed E-state index contributed by atoms with van der Waals surface area (Å²) in [7, 11) is 1.68. The summed E-state index contributed by atoms with van der Waals surface area (Å²) in [4.78, 5) is 16.9. The number of piperazine rings is 1. The van der Waals surface area contributed by atoms with Crippen LogP contribution in [0.15, 0.2) is 18.2 Å². The fourth-order valence-electron chi connectivity index (χ4n) is 3.44. The second kappa shape index (κ2) is 8.19. The Balaban J connectivity index is 1.53. The van der Waals surface area contributed by atoms with Gasteiger partial charge in [0.1, 0.15) is 5.75 Å². The maximum Gasteiger partial charge on any atom is 0.225 e. The predicted octanol–water partition coefficient (Wildman–Crippen LogP) is 2.42. The van der Waals surface area contributed by atoms with Crippen molar-refractivity contribution in [3.8, 4) is 5.75 Å². The number of hydrogen-bond donors (Lipinski definition) is 0. The first-order chi connectivity index (χ1) is 11.7. The van der Waals surface area contributed by atoms with Crippen LogP contribution in [-0.2, 0) is 16.1 Å². The van der Waals surface area contributed by atoms with Gasteiger partial charge in [-0.2, -0.15) is 0 Å². The van der Waals surface area contributed by atoms with Gasteiger partial charge in [-0.15, -0.1) is 0 Å². The quantitative estimate of drug-likeness (QED) is 0.834. The molecule has 2 heterocycles. The maximum absolute atomic E-state index is 12.6. The van der Waals surface area contributed by atoms with Crippen molar-refractivity contribution in [2.75, 3.05) is 46.5 Å². The number of nitrogens with zero attached hydrogens (tertiary/aromatic N) is 2. The lowest BCUT2D eigenvalue weighted by Crippen LogP contribution is -2.50. The van der Waals surface area contributed by atoms with Crippen LogP contribution in [-0.4, -0.2) is 62.2 Å². The number of ether oxygens (including phenoxy) is 2. The molecule has 0 saturated carbocycles. The zero-order valence-electron chi connectivity index (χ0n) is 14.2. The third kappa shape index (κ3) is 4.21. The van der Waals surface area contributed by atoms with Crippen molar-refractivity contribution in [1.29, 1.82) is 0 Å². The predicted molar refractivity (Wildman–Crippen MR) is 93.4 cm³/mol. The van der Waals surface area contributed by atoms with E-state index in [0.717, 1.165) is 61.9 Å². The molecule has 0 N–H and O–H groups in total. The largest absolute Gasteiger partial charge is 0.496 e. The number of benzene rings is 1. The van der Waals surface area contributed by atoms with E-state index in [1.54, 1.807) is 7.11 Å². The zero-order chi connectivity index (χ0) is 16.9. The van der Waals surface area contributed by atoms with Crippen molar-refractivity contribution in [3.05, 3.63) is 28.8 Å². The van der Waals surface area contributed by atoms with E-state index >= 15 is 0 Å². The number of rotatable bonds is 4. The van der Waals surface area contributed by atoms with Crippen LogP contribution < -0.4 is 4.74 Å². The summed E-state index contributed by atoms with van der Waals surface area (Å²) in [5, 5.41) is 0.721. The first-order valence-electron chi connectivity index (χ1n) is 8.58. The van der Waals surface area contributed by atoms with Gasteiger partial charge in [0, 0.05) is 62.4 Å². The van der Waals surface area contributed by atoms with Crippen molar-refractivity contribution < 1.29 is 14.3 Å². The average Bonchev–Trinajstić information content (AvgIpc) is 2.63. The van der Waals surface area contributed by atoms with Gasteiger partial charge in [-0.1, -0.05) is 11.6 Å². The van der Waals surface area contributed by atoms with E-state index in [0.29, 0.717) is 19.1 Å². The first kappa shape index (κ1) is 17.5. The Hall–Kier alpha value is -1.30. The average molecular weight is 353 g/mol. The summed E-state index contributed by atoms with van der Waals surface area (Å²) in [6.07, 6.45) is 1.72.